The van der Waals surface area contributed by atoms with Crippen LogP contribution in [-0.4, -0.2) is 44.2 Å². The molecule has 0 saturated heterocycles. The molecule has 4 nitrogen and oxygen atoms in total. The van der Waals surface area contributed by atoms with Gasteiger partial charge in [0.1, 0.15) is 5.75 Å². The number of rotatable bonds is 8. The van der Waals surface area contributed by atoms with E-state index in [0.717, 1.165) is 24.3 Å². The van der Waals surface area contributed by atoms with Crippen LogP contribution in [0, 0.1) is 0 Å². The summed E-state index contributed by atoms with van der Waals surface area (Å²) in [6.07, 6.45) is -7.59. The molecule has 2 aromatic rings. The Bertz CT molecular complexity index is 1230. The van der Waals surface area contributed by atoms with Crippen molar-refractivity contribution in [2.75, 3.05) is 11.5 Å². The van der Waals surface area contributed by atoms with Crippen molar-refractivity contribution in [2.24, 2.45) is 0 Å². The predicted molar refractivity (Wildman–Crippen MR) is 127 cm³/mol. The van der Waals surface area contributed by atoms with Crippen LogP contribution in [0.15, 0.2) is 42.5 Å². The number of nitrogens with one attached hydrogen (secondary N) is 1. The molecule has 0 bridgehead atoms. The topological polar surface area (TPSA) is 63.2 Å². The first kappa shape index (κ1) is 30.3. The zero-order chi connectivity index (χ0) is 27.5. The Labute approximate surface area is 218 Å². The zero-order valence-corrected chi connectivity index (χ0v) is 21.3. The number of hydrogen-bond donors (Lipinski definition) is 1. The van der Waals surface area contributed by atoms with Crippen LogP contribution in [0.25, 0.3) is 6.08 Å². The zero-order valence-electron chi connectivity index (χ0n) is 18.2. The minimum Gasteiger partial charge on any atom is -0.349 e. The van der Waals surface area contributed by atoms with Crippen molar-refractivity contribution in [2.45, 2.75) is 31.2 Å². The van der Waals surface area contributed by atoms with E-state index in [4.69, 9.17) is 34.8 Å². The van der Waals surface area contributed by atoms with E-state index < -0.39 is 51.6 Å². The Morgan fingerprint density at radius 1 is 1.00 bits per heavy atom. The van der Waals surface area contributed by atoms with Crippen molar-refractivity contribution in [3.63, 3.8) is 0 Å². The van der Waals surface area contributed by atoms with Crippen LogP contribution in [0.3, 0.4) is 0 Å². The van der Waals surface area contributed by atoms with Crippen molar-refractivity contribution in [3.8, 4) is 0 Å². The average molecular weight is 597 g/mol. The van der Waals surface area contributed by atoms with E-state index in [1.54, 1.807) is 0 Å². The Balaban J connectivity index is 2.18. The number of hydrogen-bond acceptors (Lipinski definition) is 3. The van der Waals surface area contributed by atoms with Gasteiger partial charge in [-0.1, -0.05) is 53.0 Å². The van der Waals surface area contributed by atoms with Gasteiger partial charge in [0, 0.05) is 16.1 Å². The fraction of sp³-hybridized carbons (Fsp3) is 0.318. The maximum absolute atomic E-state index is 13.6. The number of amides is 1. The lowest BCUT2D eigenvalue weighted by molar-refractivity contribution is -0.139. The quantitative estimate of drug-likeness (QED) is 0.331. The molecule has 2 atom stereocenters. The molecule has 14 heteroatoms. The summed E-state index contributed by atoms with van der Waals surface area (Å²) in [6.45, 7) is 1.20. The lowest BCUT2D eigenvalue weighted by Crippen LogP contribution is -2.39. The third-order valence-corrected chi connectivity index (χ3v) is 7.10. The molecule has 2 aromatic carbocycles. The molecule has 0 fully saturated rings. The summed E-state index contributed by atoms with van der Waals surface area (Å²) < 4.78 is 101. The van der Waals surface area contributed by atoms with E-state index in [1.807, 2.05) is 0 Å². The molecule has 1 unspecified atom stereocenters. The van der Waals surface area contributed by atoms with Gasteiger partial charge in [-0.15, -0.1) is 0 Å². The summed E-state index contributed by atoms with van der Waals surface area (Å²) in [5.41, 5.74) is -0.129. The molecule has 0 aliphatic carbocycles. The third-order valence-electron chi connectivity index (χ3n) is 4.58. The van der Waals surface area contributed by atoms with E-state index in [-0.39, 0.29) is 31.8 Å². The minimum absolute atomic E-state index is 0.0268. The number of alkyl halides is 6. The summed E-state index contributed by atoms with van der Waals surface area (Å²) in [5.74, 6) is -5.90. The van der Waals surface area contributed by atoms with Gasteiger partial charge in [0.05, 0.1) is 22.3 Å². The summed E-state index contributed by atoms with van der Waals surface area (Å²) in [7, 11) is -4.53. The van der Waals surface area contributed by atoms with Crippen molar-refractivity contribution < 1.29 is 39.6 Å². The Kier molecular flexibility index (Phi) is 9.77. The van der Waals surface area contributed by atoms with Gasteiger partial charge >= 0.3 is 12.4 Å². The second-order valence-electron chi connectivity index (χ2n) is 7.86. The van der Waals surface area contributed by atoms with Gasteiger partial charge in [-0.05, 0) is 48.4 Å². The molecule has 1 amide bonds. The van der Waals surface area contributed by atoms with Crippen LogP contribution in [0.2, 0.25) is 15.1 Å². The highest BCUT2D eigenvalue weighted by molar-refractivity contribution is 7.91. The molecular weight excluding hydrogens is 579 g/mol. The molecular formula is C22H18Cl3F6NO3S. The van der Waals surface area contributed by atoms with E-state index in [1.165, 1.54) is 31.2 Å². The minimum atomic E-state index is -4.92. The van der Waals surface area contributed by atoms with Crippen LogP contribution in [-0.2, 0) is 9.84 Å². The fourth-order valence-corrected chi connectivity index (χ4v) is 5.50. The van der Waals surface area contributed by atoms with Gasteiger partial charge in [-0.2, -0.15) is 26.3 Å². The summed E-state index contributed by atoms with van der Waals surface area (Å²) in [6, 6.07) is 6.07. The molecule has 1 N–H and O–H groups in total. The first-order valence-electron chi connectivity index (χ1n) is 9.95. The molecule has 0 aliphatic rings. The van der Waals surface area contributed by atoms with Crippen LogP contribution in [0.1, 0.15) is 34.3 Å². The van der Waals surface area contributed by atoms with Crippen LogP contribution < -0.4 is 5.32 Å². The molecule has 0 saturated carbocycles. The highest BCUT2D eigenvalue weighted by Crippen LogP contribution is 2.38. The Morgan fingerprint density at radius 2 is 1.58 bits per heavy atom. The molecule has 0 aromatic heterocycles. The molecule has 0 spiro atoms. The van der Waals surface area contributed by atoms with E-state index >= 15 is 0 Å². The predicted octanol–water partition coefficient (Wildman–Crippen LogP) is 7.10. The van der Waals surface area contributed by atoms with E-state index in [2.05, 4.69) is 5.32 Å². The van der Waals surface area contributed by atoms with Gasteiger partial charge in [0.25, 0.3) is 5.91 Å². The average Bonchev–Trinajstić information content (AvgIpc) is 2.63. The maximum Gasteiger partial charge on any atom is 0.402 e. The lowest BCUT2D eigenvalue weighted by Gasteiger charge is -2.18. The van der Waals surface area contributed by atoms with Crippen molar-refractivity contribution in [1.29, 1.82) is 0 Å². The van der Waals surface area contributed by atoms with Gasteiger partial charge in [0.15, 0.2) is 9.84 Å². The van der Waals surface area contributed by atoms with E-state index in [0.29, 0.717) is 0 Å². The number of benzene rings is 2. The van der Waals surface area contributed by atoms with Gasteiger partial charge < -0.3 is 5.32 Å². The molecule has 0 heterocycles. The highest BCUT2D eigenvalue weighted by atomic mass is 35.5. The first-order chi connectivity index (χ1) is 16.4. The van der Waals surface area contributed by atoms with Crippen molar-refractivity contribution >= 4 is 56.6 Å². The summed E-state index contributed by atoms with van der Waals surface area (Å²) in [4.78, 5) is 12.4. The number of carbonyl (C=O) groups is 1. The summed E-state index contributed by atoms with van der Waals surface area (Å²) in [5, 5.41) is 2.12. The Hall–Kier alpha value is -1.95. The van der Waals surface area contributed by atoms with Crippen molar-refractivity contribution in [3.05, 3.63) is 74.2 Å². The summed E-state index contributed by atoms with van der Waals surface area (Å²) >= 11 is 17.7. The SMILES string of the molecule is C[C@H](CS(=O)(=O)CC(F)(F)F)NC(=O)c1ccc(/C=C/C(c2cc(Cl)cc(Cl)c2)C(F)(F)F)cc1Cl. The Morgan fingerprint density at radius 3 is 2.08 bits per heavy atom. The lowest BCUT2D eigenvalue weighted by atomic mass is 9.97. The van der Waals surface area contributed by atoms with Crippen LogP contribution >= 0.6 is 34.8 Å². The number of carbonyl (C=O) groups excluding carboxylic acids is 1. The van der Waals surface area contributed by atoms with Crippen LogP contribution in [0.5, 0.6) is 0 Å². The van der Waals surface area contributed by atoms with Crippen LogP contribution in [0.4, 0.5) is 26.3 Å². The second-order valence-corrected chi connectivity index (χ2v) is 11.3. The smallest absolute Gasteiger partial charge is 0.349 e. The van der Waals surface area contributed by atoms with Gasteiger partial charge in [-0.3, -0.25) is 4.79 Å². The van der Waals surface area contributed by atoms with E-state index in [9.17, 15) is 39.6 Å². The molecule has 0 radical (unpaired) electrons. The second kappa shape index (κ2) is 11.6. The number of allylic oxidation sites excluding steroid dienone is 1. The number of halogens is 9. The third kappa shape index (κ3) is 9.49. The molecule has 36 heavy (non-hydrogen) atoms. The first-order valence-corrected chi connectivity index (χ1v) is 12.9. The maximum atomic E-state index is 13.6. The number of sulfone groups is 1. The molecule has 2 rings (SSSR count). The molecule has 198 valence electrons. The van der Waals surface area contributed by atoms with Crippen molar-refractivity contribution in [1.82, 2.24) is 5.32 Å². The standard InChI is InChI=1S/C22H18Cl3F6NO3S/c1-12(10-36(34,35)11-21(26,27)28)32-20(33)17-4-2-13(6-19(17)25)3-5-18(22(29,30)31)14-7-15(23)9-16(24)8-14/h2-9,12,18H,10-11H2,1H3,(H,32,33)/b5-3+/t12-,18?/m1/s1. The van der Waals surface area contributed by atoms with Gasteiger partial charge in [-0.25, -0.2) is 8.42 Å². The normalized spacial score (nSPS) is 14.6. The molecule has 0 aliphatic heterocycles. The monoisotopic (exact) mass is 595 g/mol. The highest BCUT2D eigenvalue weighted by Gasteiger charge is 2.39. The van der Waals surface area contributed by atoms with Gasteiger partial charge in [0.2, 0.25) is 0 Å². The fourth-order valence-electron chi connectivity index (χ4n) is 3.22. The largest absolute Gasteiger partial charge is 0.402 e.